The molecule has 0 atom stereocenters. The number of pyridine rings is 1. The number of anilines is 2. The zero-order valence-corrected chi connectivity index (χ0v) is 21.5. The van der Waals surface area contributed by atoms with Crippen LogP contribution in [0.15, 0.2) is 61.2 Å². The molecule has 10 heteroatoms. The van der Waals surface area contributed by atoms with Gasteiger partial charge < -0.3 is 24.2 Å². The van der Waals surface area contributed by atoms with E-state index in [2.05, 4.69) is 36.7 Å². The quantitative estimate of drug-likeness (QED) is 0.406. The molecule has 0 N–H and O–H groups in total. The van der Waals surface area contributed by atoms with Crippen LogP contribution < -0.4 is 9.80 Å². The van der Waals surface area contributed by atoms with E-state index in [9.17, 15) is 9.18 Å². The fourth-order valence-corrected chi connectivity index (χ4v) is 5.24. The van der Waals surface area contributed by atoms with Crippen molar-refractivity contribution in [2.45, 2.75) is 6.54 Å². The third kappa shape index (κ3) is 4.91. The predicted molar refractivity (Wildman–Crippen MR) is 146 cm³/mol. The number of hydrogen-bond donors (Lipinski definition) is 0. The van der Waals surface area contributed by atoms with E-state index in [1.54, 1.807) is 24.7 Å². The van der Waals surface area contributed by atoms with Crippen molar-refractivity contribution in [3.05, 3.63) is 67.0 Å². The van der Waals surface area contributed by atoms with E-state index in [-0.39, 0.29) is 18.3 Å². The van der Waals surface area contributed by atoms with Gasteiger partial charge in [0, 0.05) is 99.3 Å². The first-order chi connectivity index (χ1) is 18.5. The highest BCUT2D eigenvalue weighted by molar-refractivity contribution is 5.82. The second-order valence-electron chi connectivity index (χ2n) is 9.95. The minimum Gasteiger partial charge on any atom is -0.367 e. The summed E-state index contributed by atoms with van der Waals surface area (Å²) in [6.07, 6.45) is 7.23. The summed E-state index contributed by atoms with van der Waals surface area (Å²) >= 11 is 0. The molecule has 2 fully saturated rings. The molecular formula is C28H31FN8O. The Morgan fingerprint density at radius 2 is 1.63 bits per heavy atom. The topological polar surface area (TPSA) is 73.6 Å². The average Bonchev–Trinajstić information content (AvgIpc) is 3.36. The molecule has 3 aromatic heterocycles. The number of fused-ring (bicyclic) bond motifs is 1. The standard InChI is InChI=1S/C28H31FN8O/c1-33-9-11-36(12-10-33)28-31-18-22(19-32-28)24-17-23(29)4-5-25(24)34-13-15-35(16-14-34)26(38)20-37-8-6-21-3-2-7-30-27(21)37/h2-8,17-19H,9-16,20H2,1H3. The molecule has 2 aliphatic heterocycles. The Morgan fingerprint density at radius 3 is 2.39 bits per heavy atom. The first-order valence-corrected chi connectivity index (χ1v) is 13.0. The van der Waals surface area contributed by atoms with Crippen LogP contribution in [-0.2, 0) is 11.3 Å². The summed E-state index contributed by atoms with van der Waals surface area (Å²) in [6, 6.07) is 10.7. The SMILES string of the molecule is CN1CCN(c2ncc(-c3cc(F)ccc3N3CCN(C(=O)Cn4ccc5cccnc54)CC3)cn2)CC1. The van der Waals surface area contributed by atoms with Gasteiger partial charge in [-0.3, -0.25) is 4.79 Å². The number of carbonyl (C=O) groups is 1. The molecule has 0 aliphatic carbocycles. The van der Waals surface area contributed by atoms with Crippen LogP contribution in [0.5, 0.6) is 0 Å². The van der Waals surface area contributed by atoms with Gasteiger partial charge in [0.1, 0.15) is 18.0 Å². The number of nitrogens with zero attached hydrogens (tertiary/aromatic N) is 8. The molecule has 1 amide bonds. The first kappa shape index (κ1) is 24.3. The monoisotopic (exact) mass is 514 g/mol. The molecule has 1 aromatic carbocycles. The Kier molecular flexibility index (Phi) is 6.63. The summed E-state index contributed by atoms with van der Waals surface area (Å²) in [4.78, 5) is 35.2. The van der Waals surface area contributed by atoms with Crippen LogP contribution in [0, 0.1) is 5.82 Å². The number of piperazine rings is 2. The number of amides is 1. The largest absolute Gasteiger partial charge is 0.367 e. The predicted octanol–water partition coefficient (Wildman–Crippen LogP) is 2.73. The lowest BCUT2D eigenvalue weighted by Crippen LogP contribution is -2.49. The van der Waals surface area contributed by atoms with Gasteiger partial charge in [-0.25, -0.2) is 19.3 Å². The van der Waals surface area contributed by atoms with Crippen LogP contribution in [0.25, 0.3) is 22.2 Å². The summed E-state index contributed by atoms with van der Waals surface area (Å²) in [5.41, 5.74) is 3.29. The van der Waals surface area contributed by atoms with E-state index >= 15 is 0 Å². The Balaban J connectivity index is 1.14. The highest BCUT2D eigenvalue weighted by Gasteiger charge is 2.24. The van der Waals surface area contributed by atoms with Crippen molar-refractivity contribution in [3.63, 3.8) is 0 Å². The van der Waals surface area contributed by atoms with E-state index in [4.69, 9.17) is 0 Å². The van der Waals surface area contributed by atoms with Crippen molar-refractivity contribution in [1.82, 2.24) is 29.3 Å². The smallest absolute Gasteiger partial charge is 0.242 e. The van der Waals surface area contributed by atoms with Crippen LogP contribution in [0.3, 0.4) is 0 Å². The molecule has 38 heavy (non-hydrogen) atoms. The number of halogens is 1. The Bertz CT molecular complexity index is 1420. The zero-order chi connectivity index (χ0) is 26.1. The number of benzene rings is 1. The summed E-state index contributed by atoms with van der Waals surface area (Å²) in [7, 11) is 2.12. The van der Waals surface area contributed by atoms with Gasteiger partial charge in [0.25, 0.3) is 0 Å². The van der Waals surface area contributed by atoms with Crippen molar-refractivity contribution in [3.8, 4) is 11.1 Å². The second kappa shape index (κ2) is 10.4. The van der Waals surface area contributed by atoms with Gasteiger partial charge in [0.15, 0.2) is 0 Å². The normalized spacial score (nSPS) is 16.8. The molecule has 6 rings (SSSR count). The molecule has 0 saturated carbocycles. The molecular weight excluding hydrogens is 483 g/mol. The number of hydrogen-bond acceptors (Lipinski definition) is 7. The van der Waals surface area contributed by atoms with Crippen LogP contribution in [0.2, 0.25) is 0 Å². The van der Waals surface area contributed by atoms with Crippen molar-refractivity contribution in [2.75, 3.05) is 69.2 Å². The van der Waals surface area contributed by atoms with Gasteiger partial charge in [-0.15, -0.1) is 0 Å². The van der Waals surface area contributed by atoms with E-state index in [0.717, 1.165) is 54.0 Å². The summed E-state index contributed by atoms with van der Waals surface area (Å²) in [5.74, 6) is 0.478. The molecule has 2 aliphatic rings. The van der Waals surface area contributed by atoms with Crippen molar-refractivity contribution in [2.24, 2.45) is 0 Å². The fraction of sp³-hybridized carbons (Fsp3) is 0.357. The van der Waals surface area contributed by atoms with E-state index in [1.165, 1.54) is 6.07 Å². The number of carbonyl (C=O) groups excluding carboxylic acids is 1. The summed E-state index contributed by atoms with van der Waals surface area (Å²) in [6.45, 7) is 6.52. The van der Waals surface area contributed by atoms with Gasteiger partial charge in [0.05, 0.1) is 0 Å². The minimum atomic E-state index is -0.298. The maximum absolute atomic E-state index is 14.3. The van der Waals surface area contributed by atoms with Gasteiger partial charge in [-0.1, -0.05) is 0 Å². The number of aromatic nitrogens is 4. The molecule has 5 heterocycles. The van der Waals surface area contributed by atoms with E-state index in [1.807, 2.05) is 39.9 Å². The van der Waals surface area contributed by atoms with Gasteiger partial charge in [0.2, 0.25) is 11.9 Å². The van der Waals surface area contributed by atoms with Crippen molar-refractivity contribution in [1.29, 1.82) is 0 Å². The highest BCUT2D eigenvalue weighted by Crippen LogP contribution is 2.32. The highest BCUT2D eigenvalue weighted by atomic mass is 19.1. The zero-order valence-electron chi connectivity index (χ0n) is 21.5. The third-order valence-electron chi connectivity index (χ3n) is 7.50. The maximum atomic E-state index is 14.3. The summed E-state index contributed by atoms with van der Waals surface area (Å²) < 4.78 is 16.2. The molecule has 2 saturated heterocycles. The number of rotatable bonds is 5. The van der Waals surface area contributed by atoms with Crippen LogP contribution >= 0.6 is 0 Å². The van der Waals surface area contributed by atoms with Crippen molar-refractivity contribution < 1.29 is 9.18 Å². The van der Waals surface area contributed by atoms with Gasteiger partial charge in [-0.2, -0.15) is 0 Å². The lowest BCUT2D eigenvalue weighted by molar-refractivity contribution is -0.132. The minimum absolute atomic E-state index is 0.0695. The average molecular weight is 515 g/mol. The van der Waals surface area contributed by atoms with Crippen LogP contribution in [0.4, 0.5) is 16.0 Å². The van der Waals surface area contributed by atoms with Gasteiger partial charge >= 0.3 is 0 Å². The van der Waals surface area contributed by atoms with E-state index < -0.39 is 0 Å². The molecule has 9 nitrogen and oxygen atoms in total. The lowest BCUT2D eigenvalue weighted by atomic mass is 10.0. The number of likely N-dealkylation sites (N-methyl/N-ethyl adjacent to an activating group) is 1. The molecule has 0 spiro atoms. The molecule has 0 radical (unpaired) electrons. The molecule has 0 unspecified atom stereocenters. The maximum Gasteiger partial charge on any atom is 0.242 e. The van der Waals surface area contributed by atoms with Gasteiger partial charge in [-0.05, 0) is 43.4 Å². The fourth-order valence-electron chi connectivity index (χ4n) is 5.24. The third-order valence-corrected chi connectivity index (χ3v) is 7.50. The van der Waals surface area contributed by atoms with E-state index in [0.29, 0.717) is 32.1 Å². The molecule has 196 valence electrons. The Hall–Kier alpha value is -4.05. The van der Waals surface area contributed by atoms with Crippen molar-refractivity contribution >= 4 is 28.6 Å². The van der Waals surface area contributed by atoms with Crippen LogP contribution in [-0.4, -0.2) is 94.6 Å². The summed E-state index contributed by atoms with van der Waals surface area (Å²) in [5, 5.41) is 1.02. The second-order valence-corrected chi connectivity index (χ2v) is 9.95. The Morgan fingerprint density at radius 1 is 0.895 bits per heavy atom. The Labute approximate surface area is 221 Å². The lowest BCUT2D eigenvalue weighted by Gasteiger charge is -2.37. The first-order valence-electron chi connectivity index (χ1n) is 13.0. The molecule has 0 bridgehead atoms. The molecule has 4 aromatic rings. The van der Waals surface area contributed by atoms with Crippen LogP contribution in [0.1, 0.15) is 0 Å².